The van der Waals surface area contributed by atoms with E-state index in [2.05, 4.69) is 5.32 Å². The molecule has 0 bridgehead atoms. The normalized spacial score (nSPS) is 11.8. The van der Waals surface area contributed by atoms with Crippen LogP contribution in [-0.2, 0) is 4.79 Å². The summed E-state index contributed by atoms with van der Waals surface area (Å²) in [6, 6.07) is 15.9. The Morgan fingerprint density at radius 1 is 1.17 bits per heavy atom. The van der Waals surface area contributed by atoms with Crippen LogP contribution in [0.15, 0.2) is 54.6 Å². The molecule has 0 aliphatic rings. The Balaban J connectivity index is 1.68. The number of amides is 1. The van der Waals surface area contributed by atoms with Crippen LogP contribution in [-0.4, -0.2) is 26.0 Å². The number of benzene rings is 2. The standard InChI is InChI=1S/C19H24FN3O/c1-23(18-11-6-5-10-16(18)20)13-7-12-22-19(24)14-17(21)15-8-3-2-4-9-15/h2-6,8-11,17H,7,12-14,21H2,1H3,(H,22,24). The second-order valence-corrected chi connectivity index (χ2v) is 5.80. The maximum absolute atomic E-state index is 13.7. The average molecular weight is 329 g/mol. The third-order valence-corrected chi connectivity index (χ3v) is 3.89. The van der Waals surface area contributed by atoms with Crippen LogP contribution in [0.5, 0.6) is 0 Å². The Morgan fingerprint density at radius 3 is 2.54 bits per heavy atom. The van der Waals surface area contributed by atoms with Crippen molar-refractivity contribution >= 4 is 11.6 Å². The van der Waals surface area contributed by atoms with Gasteiger partial charge in [0.05, 0.1) is 5.69 Å². The molecule has 0 aliphatic heterocycles. The van der Waals surface area contributed by atoms with Crippen molar-refractivity contribution in [2.45, 2.75) is 18.9 Å². The fourth-order valence-corrected chi connectivity index (χ4v) is 2.52. The third kappa shape index (κ3) is 5.35. The molecular formula is C19H24FN3O. The zero-order valence-corrected chi connectivity index (χ0v) is 13.9. The number of anilines is 1. The van der Waals surface area contributed by atoms with Gasteiger partial charge >= 0.3 is 0 Å². The van der Waals surface area contributed by atoms with Crippen molar-refractivity contribution in [2.75, 3.05) is 25.0 Å². The monoisotopic (exact) mass is 329 g/mol. The lowest BCUT2D eigenvalue weighted by Crippen LogP contribution is -2.30. The van der Waals surface area contributed by atoms with Gasteiger partial charge in [-0.1, -0.05) is 42.5 Å². The van der Waals surface area contributed by atoms with Crippen LogP contribution >= 0.6 is 0 Å². The molecule has 2 aromatic carbocycles. The van der Waals surface area contributed by atoms with Crippen molar-refractivity contribution in [2.24, 2.45) is 5.73 Å². The highest BCUT2D eigenvalue weighted by Crippen LogP contribution is 2.17. The Labute approximate surface area is 142 Å². The summed E-state index contributed by atoms with van der Waals surface area (Å²) in [6.07, 6.45) is 0.990. The molecule has 1 unspecified atom stereocenters. The number of hydrogen-bond acceptors (Lipinski definition) is 3. The fourth-order valence-electron chi connectivity index (χ4n) is 2.52. The van der Waals surface area contributed by atoms with Gasteiger partial charge in [-0.3, -0.25) is 4.79 Å². The minimum Gasteiger partial charge on any atom is -0.372 e. The number of nitrogens with one attached hydrogen (secondary N) is 1. The summed E-state index contributed by atoms with van der Waals surface area (Å²) < 4.78 is 13.7. The van der Waals surface area contributed by atoms with Crippen molar-refractivity contribution < 1.29 is 9.18 Å². The summed E-state index contributed by atoms with van der Waals surface area (Å²) in [7, 11) is 1.84. The molecule has 0 saturated carbocycles. The summed E-state index contributed by atoms with van der Waals surface area (Å²) in [4.78, 5) is 13.8. The molecule has 128 valence electrons. The topological polar surface area (TPSA) is 58.4 Å². The number of carbonyl (C=O) groups excluding carboxylic acids is 1. The Hall–Kier alpha value is -2.40. The van der Waals surface area contributed by atoms with Gasteiger partial charge < -0.3 is 16.0 Å². The Kier molecular flexibility index (Phi) is 6.75. The molecule has 3 N–H and O–H groups in total. The van der Waals surface area contributed by atoms with Crippen LogP contribution < -0.4 is 16.0 Å². The van der Waals surface area contributed by atoms with Crippen LogP contribution in [0, 0.1) is 5.82 Å². The first-order valence-corrected chi connectivity index (χ1v) is 8.11. The van der Waals surface area contributed by atoms with Gasteiger partial charge in [0.2, 0.25) is 5.91 Å². The number of halogens is 1. The minimum atomic E-state index is -0.299. The molecule has 0 spiro atoms. The molecule has 1 amide bonds. The lowest BCUT2D eigenvalue weighted by molar-refractivity contribution is -0.121. The minimum absolute atomic E-state index is 0.0695. The molecule has 0 aliphatic carbocycles. The SMILES string of the molecule is CN(CCCNC(=O)CC(N)c1ccccc1)c1ccccc1F. The first-order valence-electron chi connectivity index (χ1n) is 8.11. The van der Waals surface area contributed by atoms with E-state index >= 15 is 0 Å². The second kappa shape index (κ2) is 9.03. The molecule has 0 aromatic heterocycles. The summed E-state index contributed by atoms with van der Waals surface area (Å²) in [5.74, 6) is -0.308. The van der Waals surface area contributed by atoms with Crippen LogP contribution in [0.25, 0.3) is 0 Å². The predicted molar refractivity (Wildman–Crippen MR) is 95.3 cm³/mol. The number of rotatable bonds is 8. The van der Waals surface area contributed by atoms with Gasteiger partial charge in [-0.05, 0) is 24.1 Å². The van der Waals surface area contributed by atoms with E-state index in [9.17, 15) is 9.18 Å². The van der Waals surface area contributed by atoms with E-state index in [0.717, 1.165) is 12.0 Å². The summed E-state index contributed by atoms with van der Waals surface area (Å²) in [5.41, 5.74) is 7.55. The zero-order valence-electron chi connectivity index (χ0n) is 13.9. The predicted octanol–water partition coefficient (Wildman–Crippen LogP) is 2.86. The van der Waals surface area contributed by atoms with Gasteiger partial charge in [0.1, 0.15) is 5.82 Å². The van der Waals surface area contributed by atoms with E-state index in [1.54, 1.807) is 12.1 Å². The van der Waals surface area contributed by atoms with Crippen molar-refractivity contribution in [3.8, 4) is 0 Å². The average Bonchev–Trinajstić information content (AvgIpc) is 2.59. The summed E-state index contributed by atoms with van der Waals surface area (Å²) in [6.45, 7) is 1.20. The van der Waals surface area contributed by atoms with Gasteiger partial charge in [-0.25, -0.2) is 4.39 Å². The lowest BCUT2D eigenvalue weighted by atomic mass is 10.0. The Bertz CT molecular complexity index is 648. The highest BCUT2D eigenvalue weighted by atomic mass is 19.1. The van der Waals surface area contributed by atoms with Crippen LogP contribution in [0.1, 0.15) is 24.4 Å². The summed E-state index contributed by atoms with van der Waals surface area (Å²) >= 11 is 0. The molecular weight excluding hydrogens is 305 g/mol. The second-order valence-electron chi connectivity index (χ2n) is 5.80. The van der Waals surface area contributed by atoms with Gasteiger partial charge in [-0.15, -0.1) is 0 Å². The molecule has 0 fully saturated rings. The van der Waals surface area contributed by atoms with Gasteiger partial charge in [-0.2, -0.15) is 0 Å². The van der Waals surface area contributed by atoms with Crippen molar-refractivity contribution in [1.29, 1.82) is 0 Å². The van der Waals surface area contributed by atoms with Crippen molar-refractivity contribution in [3.05, 3.63) is 66.0 Å². The lowest BCUT2D eigenvalue weighted by Gasteiger charge is -2.20. The summed E-state index contributed by atoms with van der Waals surface area (Å²) in [5, 5.41) is 2.87. The number of nitrogens with two attached hydrogens (primary N) is 1. The highest BCUT2D eigenvalue weighted by Gasteiger charge is 2.11. The van der Waals surface area contributed by atoms with E-state index in [-0.39, 0.29) is 24.2 Å². The number of carbonyl (C=O) groups is 1. The largest absolute Gasteiger partial charge is 0.372 e. The molecule has 24 heavy (non-hydrogen) atoms. The smallest absolute Gasteiger partial charge is 0.221 e. The molecule has 4 nitrogen and oxygen atoms in total. The Morgan fingerprint density at radius 2 is 1.83 bits per heavy atom. The molecule has 0 heterocycles. The molecule has 5 heteroatoms. The van der Waals surface area contributed by atoms with Gasteiger partial charge in [0, 0.05) is 32.6 Å². The van der Waals surface area contributed by atoms with Crippen molar-refractivity contribution in [3.63, 3.8) is 0 Å². The van der Waals surface area contributed by atoms with Crippen LogP contribution in [0.3, 0.4) is 0 Å². The number of para-hydroxylation sites is 1. The van der Waals surface area contributed by atoms with Gasteiger partial charge in [0.15, 0.2) is 0 Å². The van der Waals surface area contributed by atoms with Crippen LogP contribution in [0.4, 0.5) is 10.1 Å². The molecule has 0 radical (unpaired) electrons. The van der Waals surface area contributed by atoms with E-state index < -0.39 is 0 Å². The first-order chi connectivity index (χ1) is 11.6. The highest BCUT2D eigenvalue weighted by molar-refractivity contribution is 5.76. The zero-order chi connectivity index (χ0) is 17.4. The quantitative estimate of drug-likeness (QED) is 0.732. The van der Waals surface area contributed by atoms with Crippen molar-refractivity contribution in [1.82, 2.24) is 5.32 Å². The molecule has 2 rings (SSSR count). The first kappa shape index (κ1) is 17.9. The fraction of sp³-hybridized carbons (Fsp3) is 0.316. The molecule has 2 aromatic rings. The molecule has 1 atom stereocenters. The van der Waals surface area contributed by atoms with E-state index in [1.165, 1.54) is 6.07 Å². The number of nitrogens with zero attached hydrogens (tertiary/aromatic N) is 1. The van der Waals surface area contributed by atoms with E-state index in [1.807, 2.05) is 48.3 Å². The molecule has 0 saturated heterocycles. The van der Waals surface area contributed by atoms with Gasteiger partial charge in [0.25, 0.3) is 0 Å². The van der Waals surface area contributed by atoms with E-state index in [4.69, 9.17) is 5.73 Å². The van der Waals surface area contributed by atoms with Crippen LogP contribution in [0.2, 0.25) is 0 Å². The van der Waals surface area contributed by atoms with E-state index in [0.29, 0.717) is 18.8 Å². The number of hydrogen-bond donors (Lipinski definition) is 2. The maximum Gasteiger partial charge on any atom is 0.221 e. The third-order valence-electron chi connectivity index (χ3n) is 3.89. The maximum atomic E-state index is 13.7.